The monoisotopic (exact) mass is 195 g/mol. The molecule has 3 nitrogen and oxygen atoms in total. The Morgan fingerprint density at radius 3 is 2.64 bits per heavy atom. The Morgan fingerprint density at radius 2 is 2.14 bits per heavy atom. The first kappa shape index (κ1) is 11.0. The summed E-state index contributed by atoms with van der Waals surface area (Å²) in [5, 5.41) is 18.8. The Morgan fingerprint density at radius 1 is 1.43 bits per heavy atom. The van der Waals surface area contributed by atoms with Crippen molar-refractivity contribution < 1.29 is 10.2 Å². The Labute approximate surface area is 84.4 Å². The fourth-order valence-electron chi connectivity index (χ4n) is 1.57. The summed E-state index contributed by atoms with van der Waals surface area (Å²) in [6, 6.07) is 3.29. The first-order valence-electron chi connectivity index (χ1n) is 4.90. The summed E-state index contributed by atoms with van der Waals surface area (Å²) < 4.78 is 0. The lowest BCUT2D eigenvalue weighted by Crippen LogP contribution is -2.09. The number of hydrogen-bond acceptors (Lipinski definition) is 3. The van der Waals surface area contributed by atoms with Crippen molar-refractivity contribution in [2.24, 2.45) is 5.92 Å². The summed E-state index contributed by atoms with van der Waals surface area (Å²) in [5.74, 6) is 0.594. The molecular weight excluding hydrogens is 178 g/mol. The molecule has 2 N–H and O–H groups in total. The van der Waals surface area contributed by atoms with E-state index in [1.807, 2.05) is 0 Å². The fraction of sp³-hybridized carbons (Fsp3) is 0.545. The van der Waals surface area contributed by atoms with E-state index in [4.69, 9.17) is 0 Å². The Bertz CT molecular complexity index is 286. The molecule has 0 bridgehead atoms. The average Bonchev–Trinajstić information content (AvgIpc) is 2.15. The van der Waals surface area contributed by atoms with Gasteiger partial charge in [-0.1, -0.05) is 13.8 Å². The maximum absolute atomic E-state index is 9.55. The van der Waals surface area contributed by atoms with Gasteiger partial charge in [0.25, 0.3) is 0 Å². The quantitative estimate of drug-likeness (QED) is 0.771. The van der Waals surface area contributed by atoms with Crippen molar-refractivity contribution in [3.63, 3.8) is 0 Å². The molecule has 1 aromatic heterocycles. The molecule has 0 spiro atoms. The lowest BCUT2D eigenvalue weighted by molar-refractivity contribution is 0.243. The largest absolute Gasteiger partial charge is 0.506 e. The number of aliphatic hydroxyl groups is 1. The summed E-state index contributed by atoms with van der Waals surface area (Å²) in [6.07, 6.45) is 2.47. The van der Waals surface area contributed by atoms with E-state index in [0.717, 1.165) is 6.42 Å². The van der Waals surface area contributed by atoms with Gasteiger partial charge in [0.05, 0.1) is 12.3 Å². The van der Waals surface area contributed by atoms with Gasteiger partial charge in [-0.15, -0.1) is 0 Å². The third kappa shape index (κ3) is 2.70. The highest BCUT2D eigenvalue weighted by Gasteiger charge is 2.16. The van der Waals surface area contributed by atoms with Gasteiger partial charge >= 0.3 is 0 Å². The molecule has 14 heavy (non-hydrogen) atoms. The lowest BCUT2D eigenvalue weighted by Gasteiger charge is -2.16. The van der Waals surface area contributed by atoms with Gasteiger partial charge in [0, 0.05) is 12.1 Å². The van der Waals surface area contributed by atoms with Crippen LogP contribution in [0.25, 0.3) is 0 Å². The second-order valence-electron chi connectivity index (χ2n) is 3.92. The molecule has 0 saturated heterocycles. The molecule has 1 rings (SSSR count). The molecule has 0 aliphatic rings. The van der Waals surface area contributed by atoms with Crippen molar-refractivity contribution in [2.45, 2.75) is 26.2 Å². The van der Waals surface area contributed by atoms with Crippen LogP contribution >= 0.6 is 0 Å². The lowest BCUT2D eigenvalue weighted by atomic mass is 9.94. The third-order valence-electron chi connectivity index (χ3n) is 2.18. The fourth-order valence-corrected chi connectivity index (χ4v) is 1.57. The van der Waals surface area contributed by atoms with Crippen molar-refractivity contribution in [3.05, 3.63) is 24.0 Å². The first-order valence-corrected chi connectivity index (χ1v) is 4.90. The average molecular weight is 195 g/mol. The molecule has 0 fully saturated rings. The highest BCUT2D eigenvalue weighted by atomic mass is 16.3. The van der Waals surface area contributed by atoms with Crippen LogP contribution in [0.4, 0.5) is 0 Å². The van der Waals surface area contributed by atoms with Crippen LogP contribution in [-0.4, -0.2) is 21.8 Å². The number of rotatable bonds is 4. The standard InChI is InChI=1S/C11H17NO2/c1-8(2)6-9(7-13)11-10(14)4-3-5-12-11/h3-5,8-9,13-14H,6-7H2,1-2H3. The van der Waals surface area contributed by atoms with Crippen LogP contribution in [0.15, 0.2) is 18.3 Å². The van der Waals surface area contributed by atoms with E-state index in [9.17, 15) is 10.2 Å². The first-order chi connectivity index (χ1) is 6.65. The molecule has 1 aromatic rings. The molecule has 0 saturated carbocycles. The Hall–Kier alpha value is -1.09. The van der Waals surface area contributed by atoms with Crippen LogP contribution < -0.4 is 0 Å². The summed E-state index contributed by atoms with van der Waals surface area (Å²) >= 11 is 0. The maximum atomic E-state index is 9.55. The molecule has 0 aliphatic carbocycles. The number of nitrogens with zero attached hydrogens (tertiary/aromatic N) is 1. The van der Waals surface area contributed by atoms with Crippen molar-refractivity contribution in [1.29, 1.82) is 0 Å². The van der Waals surface area contributed by atoms with Gasteiger partial charge < -0.3 is 10.2 Å². The van der Waals surface area contributed by atoms with E-state index in [2.05, 4.69) is 18.8 Å². The number of aromatic nitrogens is 1. The van der Waals surface area contributed by atoms with Crippen molar-refractivity contribution in [2.75, 3.05) is 6.61 Å². The van der Waals surface area contributed by atoms with E-state index < -0.39 is 0 Å². The van der Waals surface area contributed by atoms with Crippen molar-refractivity contribution >= 4 is 0 Å². The molecule has 3 heteroatoms. The molecule has 1 heterocycles. The predicted octanol–water partition coefficient (Wildman–Crippen LogP) is 1.91. The van der Waals surface area contributed by atoms with E-state index in [1.165, 1.54) is 0 Å². The molecule has 0 amide bonds. The predicted molar refractivity (Wildman–Crippen MR) is 55.2 cm³/mol. The molecule has 1 unspecified atom stereocenters. The third-order valence-corrected chi connectivity index (χ3v) is 2.18. The maximum Gasteiger partial charge on any atom is 0.137 e. The van der Waals surface area contributed by atoms with Gasteiger partial charge in [-0.2, -0.15) is 0 Å². The van der Waals surface area contributed by atoms with Gasteiger partial charge in [0.1, 0.15) is 5.75 Å². The topological polar surface area (TPSA) is 53.4 Å². The number of hydrogen-bond donors (Lipinski definition) is 2. The Balaban J connectivity index is 2.83. The SMILES string of the molecule is CC(C)CC(CO)c1ncccc1O. The molecule has 1 atom stereocenters. The number of aromatic hydroxyl groups is 1. The van der Waals surface area contributed by atoms with Crippen LogP contribution in [0.3, 0.4) is 0 Å². The van der Waals surface area contributed by atoms with Crippen LogP contribution in [-0.2, 0) is 0 Å². The molecule has 0 aliphatic heterocycles. The summed E-state index contributed by atoms with van der Waals surface area (Å²) in [5.41, 5.74) is 0.601. The zero-order valence-electron chi connectivity index (χ0n) is 8.64. The number of pyridine rings is 1. The molecule has 0 radical (unpaired) electrons. The van der Waals surface area contributed by atoms with E-state index in [0.29, 0.717) is 11.6 Å². The minimum absolute atomic E-state index is 0.0305. The minimum atomic E-state index is -0.0591. The van der Waals surface area contributed by atoms with Crippen LogP contribution in [0, 0.1) is 5.92 Å². The smallest absolute Gasteiger partial charge is 0.137 e. The van der Waals surface area contributed by atoms with E-state index in [1.54, 1.807) is 18.3 Å². The summed E-state index contributed by atoms with van der Waals surface area (Å²) in [4.78, 5) is 4.09. The van der Waals surface area contributed by atoms with Gasteiger partial charge in [0.15, 0.2) is 0 Å². The second-order valence-corrected chi connectivity index (χ2v) is 3.92. The van der Waals surface area contributed by atoms with Crippen LogP contribution in [0.1, 0.15) is 31.9 Å². The van der Waals surface area contributed by atoms with Gasteiger partial charge in [-0.3, -0.25) is 4.98 Å². The van der Waals surface area contributed by atoms with Crippen LogP contribution in [0.5, 0.6) is 5.75 Å². The zero-order valence-corrected chi connectivity index (χ0v) is 8.64. The van der Waals surface area contributed by atoms with Crippen LogP contribution in [0.2, 0.25) is 0 Å². The molecule has 78 valence electrons. The normalized spacial score (nSPS) is 13.1. The highest BCUT2D eigenvalue weighted by molar-refractivity contribution is 5.28. The van der Waals surface area contributed by atoms with E-state index in [-0.39, 0.29) is 18.3 Å². The van der Waals surface area contributed by atoms with Gasteiger partial charge in [-0.25, -0.2) is 0 Å². The van der Waals surface area contributed by atoms with E-state index >= 15 is 0 Å². The highest BCUT2D eigenvalue weighted by Crippen LogP contribution is 2.27. The Kier molecular flexibility index (Phi) is 3.89. The van der Waals surface area contributed by atoms with Gasteiger partial charge in [-0.05, 0) is 24.5 Å². The second kappa shape index (κ2) is 4.96. The summed E-state index contributed by atoms with van der Waals surface area (Å²) in [6.45, 7) is 4.20. The number of aliphatic hydroxyl groups excluding tert-OH is 1. The summed E-state index contributed by atoms with van der Waals surface area (Å²) in [7, 11) is 0. The minimum Gasteiger partial charge on any atom is -0.506 e. The van der Waals surface area contributed by atoms with Gasteiger partial charge in [0.2, 0.25) is 0 Å². The molecular formula is C11H17NO2. The molecule has 0 aromatic carbocycles. The zero-order chi connectivity index (χ0) is 10.6. The van der Waals surface area contributed by atoms with Crippen molar-refractivity contribution in [1.82, 2.24) is 4.98 Å². The van der Waals surface area contributed by atoms with Crippen molar-refractivity contribution in [3.8, 4) is 5.75 Å².